The Bertz CT molecular complexity index is 3190. The van der Waals surface area contributed by atoms with Crippen molar-refractivity contribution in [2.75, 3.05) is 4.90 Å². The number of nitrogens with zero attached hydrogens (tertiary/aromatic N) is 2. The summed E-state index contributed by atoms with van der Waals surface area (Å²) in [4.78, 5) is 2.43. The Morgan fingerprint density at radius 1 is 0.382 bits per heavy atom. The first-order valence-electron chi connectivity index (χ1n) is 18.8. The number of hydrogen-bond acceptors (Lipinski definition) is 2. The molecular formula is C52H34N2O. The molecule has 11 rings (SSSR count). The van der Waals surface area contributed by atoms with Crippen molar-refractivity contribution in [1.82, 2.24) is 4.57 Å². The minimum Gasteiger partial charge on any atom is -0.455 e. The van der Waals surface area contributed by atoms with Gasteiger partial charge in [0.25, 0.3) is 0 Å². The molecule has 0 aliphatic heterocycles. The molecule has 0 N–H and O–H groups in total. The molecule has 0 saturated carbocycles. The molecule has 0 unspecified atom stereocenters. The molecule has 2 aromatic heterocycles. The summed E-state index contributed by atoms with van der Waals surface area (Å²) in [5, 5.41) is 7.15. The van der Waals surface area contributed by atoms with Gasteiger partial charge in [-0.1, -0.05) is 152 Å². The molecular weight excluding hydrogens is 669 g/mol. The lowest BCUT2D eigenvalue weighted by atomic mass is 9.98. The summed E-state index contributed by atoms with van der Waals surface area (Å²) >= 11 is 0. The molecule has 0 amide bonds. The molecule has 3 heteroatoms. The lowest BCUT2D eigenvalue weighted by Crippen LogP contribution is -2.14. The lowest BCUT2D eigenvalue weighted by molar-refractivity contribution is 0.670. The summed E-state index contributed by atoms with van der Waals surface area (Å²) in [5.74, 6) is 0. The number of para-hydroxylation sites is 7. The van der Waals surface area contributed by atoms with Gasteiger partial charge in [0.05, 0.1) is 28.1 Å². The van der Waals surface area contributed by atoms with E-state index in [4.69, 9.17) is 4.42 Å². The quantitative estimate of drug-likeness (QED) is 0.172. The first kappa shape index (κ1) is 31.2. The van der Waals surface area contributed by atoms with Crippen LogP contribution in [0.15, 0.2) is 211 Å². The van der Waals surface area contributed by atoms with Gasteiger partial charge < -0.3 is 13.9 Å². The van der Waals surface area contributed by atoms with E-state index >= 15 is 0 Å². The van der Waals surface area contributed by atoms with Crippen LogP contribution < -0.4 is 4.90 Å². The molecule has 0 fully saturated rings. The highest BCUT2D eigenvalue weighted by Crippen LogP contribution is 2.47. The Morgan fingerprint density at radius 2 is 0.982 bits per heavy atom. The molecule has 0 bridgehead atoms. The van der Waals surface area contributed by atoms with Gasteiger partial charge in [-0.3, -0.25) is 0 Å². The maximum atomic E-state index is 6.65. The third-order valence-electron chi connectivity index (χ3n) is 11.0. The molecule has 0 spiro atoms. The number of hydrogen-bond donors (Lipinski definition) is 0. The second kappa shape index (κ2) is 12.6. The molecule has 55 heavy (non-hydrogen) atoms. The SMILES string of the molecule is c1cc(-c2ccc3ccccc3c2)cc(N(c2ccccc2-c2cccc3c2oc2ccccc23)c2ccccc2-n2c3ccccc3c3ccccc32)c1. The average molecular weight is 703 g/mol. The standard InChI is InChI=1S/C52H34N2O/c1-2-16-36-33-38(32-31-35(36)15-1)37-17-13-18-39(34-37)53(46-25-7-5-21-42(46)44-23-14-24-45-43-22-6-12-30-51(43)55-52(44)45)49-28-10-11-29-50(49)54-47-26-8-3-19-40(47)41-20-4-9-27-48(41)54/h1-34H. The summed E-state index contributed by atoms with van der Waals surface area (Å²) in [5.41, 5.74) is 12.8. The second-order valence-electron chi connectivity index (χ2n) is 14.1. The minimum atomic E-state index is 0.886. The van der Waals surface area contributed by atoms with Gasteiger partial charge in [0.1, 0.15) is 11.2 Å². The van der Waals surface area contributed by atoms with Gasteiger partial charge in [0.15, 0.2) is 0 Å². The highest BCUT2D eigenvalue weighted by Gasteiger charge is 2.24. The highest BCUT2D eigenvalue weighted by atomic mass is 16.3. The van der Waals surface area contributed by atoms with Gasteiger partial charge in [-0.2, -0.15) is 0 Å². The summed E-state index contributed by atoms with van der Waals surface area (Å²) in [6, 6.07) is 74.0. The molecule has 2 heterocycles. The summed E-state index contributed by atoms with van der Waals surface area (Å²) in [6.07, 6.45) is 0. The largest absolute Gasteiger partial charge is 0.455 e. The summed E-state index contributed by atoms with van der Waals surface area (Å²) in [7, 11) is 0. The summed E-state index contributed by atoms with van der Waals surface area (Å²) < 4.78 is 9.07. The van der Waals surface area contributed by atoms with Crippen LogP contribution in [0.5, 0.6) is 0 Å². The summed E-state index contributed by atoms with van der Waals surface area (Å²) in [6.45, 7) is 0. The van der Waals surface area contributed by atoms with Crippen molar-refractivity contribution in [3.8, 4) is 27.9 Å². The van der Waals surface area contributed by atoms with Crippen molar-refractivity contribution >= 4 is 71.6 Å². The van der Waals surface area contributed by atoms with Crippen LogP contribution in [0.1, 0.15) is 0 Å². The zero-order valence-electron chi connectivity index (χ0n) is 29.9. The Morgan fingerprint density at radius 3 is 1.82 bits per heavy atom. The second-order valence-corrected chi connectivity index (χ2v) is 14.1. The number of furan rings is 1. The van der Waals surface area contributed by atoms with Crippen LogP contribution >= 0.6 is 0 Å². The van der Waals surface area contributed by atoms with Gasteiger partial charge in [0, 0.05) is 38.4 Å². The van der Waals surface area contributed by atoms with Crippen molar-refractivity contribution in [2.45, 2.75) is 0 Å². The van der Waals surface area contributed by atoms with E-state index in [9.17, 15) is 0 Å². The highest BCUT2D eigenvalue weighted by molar-refractivity contribution is 6.12. The van der Waals surface area contributed by atoms with E-state index in [-0.39, 0.29) is 0 Å². The van der Waals surface area contributed by atoms with Crippen molar-refractivity contribution < 1.29 is 4.42 Å². The first-order chi connectivity index (χ1) is 27.3. The normalized spacial score (nSPS) is 11.6. The Hall–Kier alpha value is -7.36. The number of fused-ring (bicyclic) bond motifs is 7. The number of anilines is 3. The molecule has 0 atom stereocenters. The third kappa shape index (κ3) is 5.05. The molecule has 3 nitrogen and oxygen atoms in total. The van der Waals surface area contributed by atoms with Crippen molar-refractivity contribution in [2.24, 2.45) is 0 Å². The molecule has 258 valence electrons. The van der Waals surface area contributed by atoms with Gasteiger partial charge in [0.2, 0.25) is 0 Å². The van der Waals surface area contributed by atoms with Crippen LogP contribution in [-0.2, 0) is 0 Å². The monoisotopic (exact) mass is 702 g/mol. The van der Waals surface area contributed by atoms with Crippen LogP contribution in [0.3, 0.4) is 0 Å². The van der Waals surface area contributed by atoms with Crippen molar-refractivity contribution in [3.63, 3.8) is 0 Å². The molecule has 0 aliphatic carbocycles. The third-order valence-corrected chi connectivity index (χ3v) is 11.0. The van der Waals surface area contributed by atoms with Gasteiger partial charge in [-0.05, 0) is 76.5 Å². The van der Waals surface area contributed by atoms with E-state index < -0.39 is 0 Å². The predicted octanol–water partition coefficient (Wildman–Crippen LogP) is 14.6. The Kier molecular flexibility index (Phi) is 7.17. The average Bonchev–Trinajstić information content (AvgIpc) is 3.80. The van der Waals surface area contributed by atoms with Crippen LogP contribution in [0, 0.1) is 0 Å². The number of aromatic nitrogens is 1. The van der Waals surface area contributed by atoms with Crippen LogP contribution in [0.4, 0.5) is 17.1 Å². The lowest BCUT2D eigenvalue weighted by Gasteiger charge is -2.30. The zero-order valence-corrected chi connectivity index (χ0v) is 29.9. The van der Waals surface area contributed by atoms with E-state index in [2.05, 4.69) is 210 Å². The molecule has 9 aromatic carbocycles. The fourth-order valence-corrected chi connectivity index (χ4v) is 8.48. The van der Waals surface area contributed by atoms with E-state index in [0.29, 0.717) is 0 Å². The van der Waals surface area contributed by atoms with E-state index in [1.807, 2.05) is 6.07 Å². The van der Waals surface area contributed by atoms with Gasteiger partial charge >= 0.3 is 0 Å². The first-order valence-corrected chi connectivity index (χ1v) is 18.8. The van der Waals surface area contributed by atoms with E-state index in [1.165, 1.54) is 38.1 Å². The zero-order chi connectivity index (χ0) is 36.3. The molecule has 0 saturated heterocycles. The molecule has 0 aliphatic rings. The fourth-order valence-electron chi connectivity index (χ4n) is 8.48. The Balaban J connectivity index is 1.19. The predicted molar refractivity (Wildman–Crippen MR) is 231 cm³/mol. The fraction of sp³-hybridized carbons (Fsp3) is 0. The maximum Gasteiger partial charge on any atom is 0.143 e. The van der Waals surface area contributed by atoms with Crippen LogP contribution in [-0.4, -0.2) is 4.57 Å². The van der Waals surface area contributed by atoms with Crippen LogP contribution in [0.25, 0.3) is 82.5 Å². The molecule has 11 aromatic rings. The van der Waals surface area contributed by atoms with Crippen molar-refractivity contribution in [3.05, 3.63) is 206 Å². The van der Waals surface area contributed by atoms with Gasteiger partial charge in [-0.15, -0.1) is 0 Å². The van der Waals surface area contributed by atoms with Crippen molar-refractivity contribution in [1.29, 1.82) is 0 Å². The minimum absolute atomic E-state index is 0.886. The van der Waals surface area contributed by atoms with E-state index in [1.54, 1.807) is 0 Å². The number of benzene rings is 9. The van der Waals surface area contributed by atoms with Crippen LogP contribution in [0.2, 0.25) is 0 Å². The molecule has 0 radical (unpaired) electrons. The topological polar surface area (TPSA) is 21.3 Å². The van der Waals surface area contributed by atoms with Gasteiger partial charge in [-0.25, -0.2) is 0 Å². The van der Waals surface area contributed by atoms with E-state index in [0.717, 1.165) is 61.4 Å². The maximum absolute atomic E-state index is 6.65. The number of rotatable bonds is 6. The smallest absolute Gasteiger partial charge is 0.143 e. The Labute approximate surface area is 318 Å².